The molecule has 0 saturated heterocycles. The average molecular weight is 309 g/mol. The molecule has 1 atom stereocenters. The maximum absolute atomic E-state index is 12.7. The highest BCUT2D eigenvalue weighted by Gasteiger charge is 2.22. The zero-order chi connectivity index (χ0) is 15.8. The number of hydrogen-bond acceptors (Lipinski definition) is 4. The fraction of sp³-hybridized carbons (Fsp3) is 0.562. The van der Waals surface area contributed by atoms with Crippen LogP contribution in [0.15, 0.2) is 6.07 Å². The minimum Gasteiger partial charge on any atom is -0.384 e. The minimum absolute atomic E-state index is 0.0200. The highest BCUT2D eigenvalue weighted by atomic mass is 32.1. The maximum atomic E-state index is 12.7. The number of hydrogen-bond donors (Lipinski definition) is 1. The molecular weight excluding hydrogens is 286 g/mol. The SMILES string of the molecule is CCC(C)N(CCOC)C(=O)c1cc(C)c(C#CCO)s1. The lowest BCUT2D eigenvalue weighted by molar-refractivity contribution is 0.0618. The van der Waals surface area contributed by atoms with E-state index in [4.69, 9.17) is 9.84 Å². The lowest BCUT2D eigenvalue weighted by atomic mass is 10.2. The van der Waals surface area contributed by atoms with Gasteiger partial charge in [0.15, 0.2) is 0 Å². The number of nitrogens with zero attached hydrogens (tertiary/aromatic N) is 1. The number of rotatable bonds is 6. The first kappa shape index (κ1) is 17.7. The molecule has 0 aliphatic rings. The van der Waals surface area contributed by atoms with E-state index < -0.39 is 0 Å². The van der Waals surface area contributed by atoms with E-state index >= 15 is 0 Å². The Morgan fingerprint density at radius 3 is 2.86 bits per heavy atom. The number of carbonyl (C=O) groups is 1. The molecule has 0 radical (unpaired) electrons. The molecule has 0 saturated carbocycles. The summed E-state index contributed by atoms with van der Waals surface area (Å²) >= 11 is 1.38. The summed E-state index contributed by atoms with van der Waals surface area (Å²) in [5, 5.41) is 8.77. The van der Waals surface area contributed by atoms with Crippen LogP contribution < -0.4 is 0 Å². The second-order valence-corrected chi connectivity index (χ2v) is 5.88. The van der Waals surface area contributed by atoms with Crippen molar-refractivity contribution in [3.05, 3.63) is 21.4 Å². The molecule has 0 aliphatic heterocycles. The molecule has 0 spiro atoms. The van der Waals surface area contributed by atoms with E-state index in [1.807, 2.05) is 24.8 Å². The molecule has 1 rings (SSSR count). The summed E-state index contributed by atoms with van der Waals surface area (Å²) in [6.45, 7) is 6.97. The van der Waals surface area contributed by atoms with Crippen molar-refractivity contribution in [3.63, 3.8) is 0 Å². The zero-order valence-electron chi connectivity index (χ0n) is 13.1. The van der Waals surface area contributed by atoms with Crippen LogP contribution in [-0.2, 0) is 4.74 Å². The van der Waals surface area contributed by atoms with Gasteiger partial charge in [0.25, 0.3) is 5.91 Å². The van der Waals surface area contributed by atoms with E-state index in [0.717, 1.165) is 16.9 Å². The summed E-state index contributed by atoms with van der Waals surface area (Å²) < 4.78 is 5.09. The Kier molecular flexibility index (Phi) is 7.44. The van der Waals surface area contributed by atoms with Gasteiger partial charge in [0.1, 0.15) is 6.61 Å². The van der Waals surface area contributed by atoms with Gasteiger partial charge >= 0.3 is 0 Å². The molecule has 1 aromatic heterocycles. The molecule has 21 heavy (non-hydrogen) atoms. The molecule has 116 valence electrons. The molecule has 1 aromatic rings. The second kappa shape index (κ2) is 8.83. The number of aliphatic hydroxyl groups is 1. The third-order valence-electron chi connectivity index (χ3n) is 3.33. The number of aryl methyl sites for hydroxylation is 1. The van der Waals surface area contributed by atoms with Crippen LogP contribution in [0.5, 0.6) is 0 Å². The van der Waals surface area contributed by atoms with Crippen molar-refractivity contribution >= 4 is 17.2 Å². The Morgan fingerprint density at radius 1 is 1.57 bits per heavy atom. The zero-order valence-corrected chi connectivity index (χ0v) is 13.9. The van der Waals surface area contributed by atoms with Gasteiger partial charge in [-0.3, -0.25) is 4.79 Å². The standard InChI is InChI=1S/C16H23NO3S/c1-5-13(3)17(8-10-20-4)16(19)15-11-12(2)14(21-15)7-6-9-18/h11,13,18H,5,8-10H2,1-4H3. The van der Waals surface area contributed by atoms with Crippen LogP contribution in [-0.4, -0.2) is 48.8 Å². The molecule has 1 heterocycles. The van der Waals surface area contributed by atoms with E-state index in [1.54, 1.807) is 7.11 Å². The number of thiophene rings is 1. The van der Waals surface area contributed by atoms with Crippen molar-refractivity contribution in [2.75, 3.05) is 26.9 Å². The monoisotopic (exact) mass is 309 g/mol. The molecule has 4 nitrogen and oxygen atoms in total. The summed E-state index contributed by atoms with van der Waals surface area (Å²) in [7, 11) is 1.64. The van der Waals surface area contributed by atoms with E-state index in [2.05, 4.69) is 18.8 Å². The first-order chi connectivity index (χ1) is 10.0. The van der Waals surface area contributed by atoms with Crippen LogP contribution >= 0.6 is 11.3 Å². The molecule has 0 fully saturated rings. The fourth-order valence-corrected chi connectivity index (χ4v) is 2.91. The Morgan fingerprint density at radius 2 is 2.29 bits per heavy atom. The Labute approximate surface area is 130 Å². The molecule has 1 amide bonds. The summed E-state index contributed by atoms with van der Waals surface area (Å²) in [6, 6.07) is 2.04. The van der Waals surface area contributed by atoms with Gasteiger partial charge in [0.05, 0.1) is 16.4 Å². The summed E-state index contributed by atoms with van der Waals surface area (Å²) in [5.41, 5.74) is 0.972. The predicted molar refractivity (Wildman–Crippen MR) is 85.7 cm³/mol. The third-order valence-corrected chi connectivity index (χ3v) is 4.47. The smallest absolute Gasteiger partial charge is 0.264 e. The quantitative estimate of drug-likeness (QED) is 0.820. The van der Waals surface area contributed by atoms with E-state index in [0.29, 0.717) is 18.0 Å². The van der Waals surface area contributed by atoms with Gasteiger partial charge in [-0.05, 0) is 31.9 Å². The van der Waals surface area contributed by atoms with Crippen molar-refractivity contribution in [1.29, 1.82) is 0 Å². The van der Waals surface area contributed by atoms with Crippen LogP contribution in [0.2, 0.25) is 0 Å². The topological polar surface area (TPSA) is 49.8 Å². The highest BCUT2D eigenvalue weighted by molar-refractivity contribution is 7.14. The third kappa shape index (κ3) is 4.85. The van der Waals surface area contributed by atoms with E-state index in [-0.39, 0.29) is 18.6 Å². The van der Waals surface area contributed by atoms with Gasteiger partial charge in [-0.15, -0.1) is 11.3 Å². The normalized spacial score (nSPS) is 11.7. The van der Waals surface area contributed by atoms with Crippen molar-refractivity contribution < 1.29 is 14.6 Å². The van der Waals surface area contributed by atoms with Crippen LogP contribution in [0.4, 0.5) is 0 Å². The van der Waals surface area contributed by atoms with Gasteiger partial charge in [-0.25, -0.2) is 0 Å². The van der Waals surface area contributed by atoms with Gasteiger partial charge < -0.3 is 14.7 Å². The lowest BCUT2D eigenvalue weighted by Gasteiger charge is -2.27. The number of aliphatic hydroxyl groups excluding tert-OH is 1. The summed E-state index contributed by atoms with van der Waals surface area (Å²) in [6.07, 6.45) is 0.900. The second-order valence-electron chi connectivity index (χ2n) is 4.83. The fourth-order valence-electron chi connectivity index (χ4n) is 1.91. The van der Waals surface area contributed by atoms with Gasteiger partial charge in [0.2, 0.25) is 0 Å². The molecule has 0 aliphatic carbocycles. The lowest BCUT2D eigenvalue weighted by Crippen LogP contribution is -2.40. The molecular formula is C16H23NO3S. The predicted octanol–water partition coefficient (Wildman–Crippen LogP) is 2.29. The number of ether oxygens (including phenoxy) is 1. The molecule has 0 bridgehead atoms. The van der Waals surface area contributed by atoms with E-state index in [9.17, 15) is 4.79 Å². The molecule has 1 N–H and O–H groups in total. The first-order valence-electron chi connectivity index (χ1n) is 7.05. The molecule has 0 aromatic carbocycles. The van der Waals surface area contributed by atoms with Gasteiger partial charge in [-0.2, -0.15) is 0 Å². The first-order valence-corrected chi connectivity index (χ1v) is 7.86. The van der Waals surface area contributed by atoms with Crippen molar-refractivity contribution in [2.24, 2.45) is 0 Å². The average Bonchev–Trinajstić information content (AvgIpc) is 2.86. The molecule has 1 unspecified atom stereocenters. The highest BCUT2D eigenvalue weighted by Crippen LogP contribution is 2.23. The van der Waals surface area contributed by atoms with Crippen LogP contribution in [0.3, 0.4) is 0 Å². The number of carbonyl (C=O) groups excluding carboxylic acids is 1. The Bertz CT molecular complexity index is 527. The number of methoxy groups -OCH3 is 1. The van der Waals surface area contributed by atoms with E-state index in [1.165, 1.54) is 11.3 Å². The van der Waals surface area contributed by atoms with Crippen molar-refractivity contribution in [3.8, 4) is 11.8 Å². The van der Waals surface area contributed by atoms with Crippen molar-refractivity contribution in [2.45, 2.75) is 33.2 Å². The van der Waals surface area contributed by atoms with Gasteiger partial charge in [0, 0.05) is 19.7 Å². The molecule has 5 heteroatoms. The van der Waals surface area contributed by atoms with Gasteiger partial charge in [-0.1, -0.05) is 18.8 Å². The van der Waals surface area contributed by atoms with Crippen LogP contribution in [0.1, 0.15) is 40.4 Å². The Hall–Kier alpha value is -1.35. The summed E-state index contributed by atoms with van der Waals surface area (Å²) in [4.78, 5) is 16.0. The largest absolute Gasteiger partial charge is 0.384 e. The van der Waals surface area contributed by atoms with Crippen molar-refractivity contribution in [1.82, 2.24) is 4.90 Å². The minimum atomic E-state index is -0.173. The van der Waals surface area contributed by atoms with Crippen LogP contribution in [0, 0.1) is 18.8 Å². The van der Waals surface area contributed by atoms with Crippen LogP contribution in [0.25, 0.3) is 0 Å². The summed E-state index contributed by atoms with van der Waals surface area (Å²) in [5.74, 6) is 5.53. The number of amides is 1. The Balaban J connectivity index is 2.98. The maximum Gasteiger partial charge on any atom is 0.264 e.